The lowest BCUT2D eigenvalue weighted by Gasteiger charge is -2.34. The van der Waals surface area contributed by atoms with E-state index < -0.39 is 6.04 Å². The Morgan fingerprint density at radius 3 is 2.63 bits per heavy atom. The SMILES string of the molecule is NC(C(=O)NCC1(c2ccc(F)cc2Cl)CCCC1)C1CCN(C=O)CC1. The van der Waals surface area contributed by atoms with E-state index in [-0.39, 0.29) is 23.1 Å². The average Bonchev–Trinajstić information content (AvgIpc) is 3.15. The second kappa shape index (κ2) is 8.57. The second-order valence-corrected chi connectivity index (χ2v) is 8.24. The van der Waals surface area contributed by atoms with Crippen molar-refractivity contribution in [1.82, 2.24) is 10.2 Å². The molecule has 1 atom stereocenters. The van der Waals surface area contributed by atoms with E-state index >= 15 is 0 Å². The molecule has 1 heterocycles. The van der Waals surface area contributed by atoms with Gasteiger partial charge in [0.05, 0.1) is 6.04 Å². The topological polar surface area (TPSA) is 75.4 Å². The normalized spacial score (nSPS) is 21.1. The molecule has 0 radical (unpaired) electrons. The molecule has 5 nitrogen and oxygen atoms in total. The van der Waals surface area contributed by atoms with Crippen molar-refractivity contribution >= 4 is 23.9 Å². The number of amides is 2. The summed E-state index contributed by atoms with van der Waals surface area (Å²) in [6.45, 7) is 1.74. The molecular weight excluding hydrogens is 369 g/mol. The molecule has 2 fully saturated rings. The minimum Gasteiger partial charge on any atom is -0.354 e. The molecule has 148 valence electrons. The molecule has 1 aromatic rings. The maximum atomic E-state index is 13.4. The number of carbonyl (C=O) groups is 2. The second-order valence-electron chi connectivity index (χ2n) is 7.83. The first-order valence-corrected chi connectivity index (χ1v) is 10.0. The highest BCUT2D eigenvalue weighted by atomic mass is 35.5. The van der Waals surface area contributed by atoms with Gasteiger partial charge in [0.15, 0.2) is 0 Å². The van der Waals surface area contributed by atoms with Crippen LogP contribution in [0.1, 0.15) is 44.1 Å². The summed E-state index contributed by atoms with van der Waals surface area (Å²) in [5, 5.41) is 3.44. The highest BCUT2D eigenvalue weighted by Gasteiger charge is 2.38. The van der Waals surface area contributed by atoms with Crippen molar-refractivity contribution in [3.8, 4) is 0 Å². The van der Waals surface area contributed by atoms with Gasteiger partial charge in [-0.05, 0) is 49.3 Å². The van der Waals surface area contributed by atoms with E-state index in [1.807, 2.05) is 0 Å². The molecule has 1 saturated heterocycles. The zero-order valence-electron chi connectivity index (χ0n) is 15.4. The Kier molecular flexibility index (Phi) is 6.37. The van der Waals surface area contributed by atoms with Crippen LogP contribution in [-0.4, -0.2) is 42.9 Å². The molecule has 1 aromatic carbocycles. The van der Waals surface area contributed by atoms with E-state index in [0.29, 0.717) is 24.7 Å². The van der Waals surface area contributed by atoms with E-state index in [1.54, 1.807) is 11.0 Å². The summed E-state index contributed by atoms with van der Waals surface area (Å²) < 4.78 is 13.4. The van der Waals surface area contributed by atoms with Crippen molar-refractivity contribution in [2.45, 2.75) is 50.0 Å². The quantitative estimate of drug-likeness (QED) is 0.727. The van der Waals surface area contributed by atoms with Crippen LogP contribution in [0.4, 0.5) is 4.39 Å². The first-order chi connectivity index (χ1) is 12.9. The van der Waals surface area contributed by atoms with Crippen LogP contribution in [0.15, 0.2) is 18.2 Å². The summed E-state index contributed by atoms with van der Waals surface area (Å²) in [7, 11) is 0. The Hall–Kier alpha value is -1.66. The van der Waals surface area contributed by atoms with E-state index in [1.165, 1.54) is 12.1 Å². The largest absolute Gasteiger partial charge is 0.354 e. The van der Waals surface area contributed by atoms with Gasteiger partial charge in [0, 0.05) is 30.1 Å². The number of nitrogens with zero attached hydrogens (tertiary/aromatic N) is 1. The van der Waals surface area contributed by atoms with E-state index in [9.17, 15) is 14.0 Å². The van der Waals surface area contributed by atoms with Crippen molar-refractivity contribution in [2.75, 3.05) is 19.6 Å². The molecule has 1 saturated carbocycles. The fraction of sp³-hybridized carbons (Fsp3) is 0.600. The lowest BCUT2D eigenvalue weighted by Crippen LogP contribution is -2.51. The molecule has 0 spiro atoms. The van der Waals surface area contributed by atoms with Gasteiger partial charge in [0.1, 0.15) is 5.82 Å². The number of halogens is 2. The van der Waals surface area contributed by atoms with Gasteiger partial charge in [-0.15, -0.1) is 0 Å². The monoisotopic (exact) mass is 395 g/mol. The molecule has 7 heteroatoms. The van der Waals surface area contributed by atoms with Gasteiger partial charge in [-0.3, -0.25) is 9.59 Å². The van der Waals surface area contributed by atoms with Gasteiger partial charge in [0.2, 0.25) is 12.3 Å². The van der Waals surface area contributed by atoms with E-state index in [2.05, 4.69) is 5.32 Å². The van der Waals surface area contributed by atoms with Gasteiger partial charge >= 0.3 is 0 Å². The standard InChI is InChI=1S/C20H27ClFN3O2/c21-17-11-15(22)3-4-16(17)20(7-1-2-8-20)12-24-19(27)18(23)14-5-9-25(13-26)10-6-14/h3-4,11,13-14,18H,1-2,5-10,12,23H2,(H,24,27). The van der Waals surface area contributed by atoms with Crippen LogP contribution in [0.3, 0.4) is 0 Å². The van der Waals surface area contributed by atoms with Crippen molar-refractivity contribution in [3.63, 3.8) is 0 Å². The number of likely N-dealkylation sites (tertiary alicyclic amines) is 1. The molecule has 1 aliphatic carbocycles. The summed E-state index contributed by atoms with van der Waals surface area (Å²) >= 11 is 6.32. The number of carbonyl (C=O) groups excluding carboxylic acids is 2. The van der Waals surface area contributed by atoms with Crippen LogP contribution in [0.5, 0.6) is 0 Å². The summed E-state index contributed by atoms with van der Waals surface area (Å²) in [4.78, 5) is 25.2. The summed E-state index contributed by atoms with van der Waals surface area (Å²) in [6, 6.07) is 3.92. The zero-order chi connectivity index (χ0) is 19.4. The molecular formula is C20H27ClFN3O2. The molecule has 0 bridgehead atoms. The molecule has 1 aliphatic heterocycles. The predicted octanol–water partition coefficient (Wildman–Crippen LogP) is 2.60. The van der Waals surface area contributed by atoms with Crippen molar-refractivity contribution < 1.29 is 14.0 Å². The first-order valence-electron chi connectivity index (χ1n) is 9.63. The molecule has 3 rings (SSSR count). The third-order valence-electron chi connectivity index (χ3n) is 6.20. The molecule has 3 N–H and O–H groups in total. The molecule has 27 heavy (non-hydrogen) atoms. The fourth-order valence-electron chi connectivity index (χ4n) is 4.48. The number of benzene rings is 1. The number of hydrogen-bond donors (Lipinski definition) is 2. The third kappa shape index (κ3) is 4.43. The Morgan fingerprint density at radius 2 is 2.04 bits per heavy atom. The van der Waals surface area contributed by atoms with Crippen molar-refractivity contribution in [3.05, 3.63) is 34.6 Å². The fourth-order valence-corrected chi connectivity index (χ4v) is 4.85. The Morgan fingerprint density at radius 1 is 1.37 bits per heavy atom. The Labute approximate surface area is 164 Å². The van der Waals surface area contributed by atoms with Crippen LogP contribution >= 0.6 is 11.6 Å². The Balaban J connectivity index is 1.64. The summed E-state index contributed by atoms with van der Waals surface area (Å²) in [6.07, 6.45) is 6.25. The molecule has 1 unspecified atom stereocenters. The lowest BCUT2D eigenvalue weighted by atomic mass is 9.78. The predicted molar refractivity (Wildman–Crippen MR) is 103 cm³/mol. The summed E-state index contributed by atoms with van der Waals surface area (Å²) in [5.74, 6) is -0.441. The van der Waals surface area contributed by atoms with E-state index in [4.69, 9.17) is 17.3 Å². The third-order valence-corrected chi connectivity index (χ3v) is 6.51. The molecule has 0 aromatic heterocycles. The van der Waals surface area contributed by atoms with Crippen LogP contribution in [0.2, 0.25) is 5.02 Å². The average molecular weight is 396 g/mol. The number of rotatable bonds is 6. The number of nitrogens with two attached hydrogens (primary N) is 1. The Bertz CT molecular complexity index is 686. The highest BCUT2D eigenvalue weighted by Crippen LogP contribution is 2.43. The van der Waals surface area contributed by atoms with Gasteiger partial charge in [0.25, 0.3) is 0 Å². The van der Waals surface area contributed by atoms with Crippen LogP contribution < -0.4 is 11.1 Å². The van der Waals surface area contributed by atoms with Crippen molar-refractivity contribution in [2.24, 2.45) is 11.7 Å². The maximum absolute atomic E-state index is 13.4. The van der Waals surface area contributed by atoms with Gasteiger partial charge < -0.3 is 16.0 Å². The number of hydrogen-bond acceptors (Lipinski definition) is 3. The smallest absolute Gasteiger partial charge is 0.237 e. The van der Waals surface area contributed by atoms with Crippen LogP contribution in [0, 0.1) is 11.7 Å². The van der Waals surface area contributed by atoms with Crippen LogP contribution in [-0.2, 0) is 15.0 Å². The lowest BCUT2D eigenvalue weighted by molar-refractivity contribution is -0.124. The van der Waals surface area contributed by atoms with Gasteiger partial charge in [-0.25, -0.2) is 4.39 Å². The molecule has 2 amide bonds. The van der Waals surface area contributed by atoms with Crippen LogP contribution in [0.25, 0.3) is 0 Å². The maximum Gasteiger partial charge on any atom is 0.237 e. The number of nitrogens with one attached hydrogen (secondary N) is 1. The number of piperidine rings is 1. The minimum absolute atomic E-state index is 0.0788. The highest BCUT2D eigenvalue weighted by molar-refractivity contribution is 6.31. The zero-order valence-corrected chi connectivity index (χ0v) is 16.2. The summed E-state index contributed by atoms with van der Waals surface area (Å²) in [5.41, 5.74) is 6.84. The minimum atomic E-state index is -0.582. The first kappa shape index (κ1) is 20.1. The van der Waals surface area contributed by atoms with Crippen molar-refractivity contribution in [1.29, 1.82) is 0 Å². The van der Waals surface area contributed by atoms with Gasteiger partial charge in [-0.1, -0.05) is 30.5 Å². The molecule has 2 aliphatic rings. The van der Waals surface area contributed by atoms with Gasteiger partial charge in [-0.2, -0.15) is 0 Å². The van der Waals surface area contributed by atoms with E-state index in [0.717, 1.165) is 50.5 Å².